The Labute approximate surface area is 450 Å². The van der Waals surface area contributed by atoms with Gasteiger partial charge in [-0.15, -0.1) is 0 Å². The van der Waals surface area contributed by atoms with Crippen molar-refractivity contribution in [2.45, 2.75) is 264 Å². The van der Waals surface area contributed by atoms with Gasteiger partial charge in [0.25, 0.3) is 7.82 Å². The predicted octanol–water partition coefficient (Wildman–Crippen LogP) is 17.6. The Hall–Kier alpha value is -2.81. The van der Waals surface area contributed by atoms with Gasteiger partial charge in [-0.05, 0) is 83.1 Å². The van der Waals surface area contributed by atoms with Crippen molar-refractivity contribution in [2.75, 3.05) is 40.9 Å². The lowest BCUT2D eigenvalue weighted by molar-refractivity contribution is -0.870. The van der Waals surface area contributed by atoms with E-state index in [1.165, 1.54) is 122 Å². The molecule has 0 bridgehead atoms. The van der Waals surface area contributed by atoms with Crippen molar-refractivity contribution in [3.8, 4) is 0 Å². The number of carbonyl (C=O) groups is 2. The highest BCUT2D eigenvalue weighted by Gasteiger charge is 2.27. The number of hydrogen-bond donors (Lipinski definition) is 1. The van der Waals surface area contributed by atoms with Crippen molar-refractivity contribution in [1.29, 1.82) is 0 Å². The molecule has 73 heavy (non-hydrogen) atoms. The van der Waals surface area contributed by atoms with Gasteiger partial charge < -0.3 is 28.5 Å². The summed E-state index contributed by atoms with van der Waals surface area (Å²) in [5.74, 6) is -0.591. The zero-order chi connectivity index (χ0) is 53.6. The Balaban J connectivity index is 5.37. The number of nitrogens with zero attached hydrogens (tertiary/aromatic N) is 1. The zero-order valence-corrected chi connectivity index (χ0v) is 49.0. The Morgan fingerprint density at radius 3 is 1.33 bits per heavy atom. The number of rotatable bonds is 53. The summed E-state index contributed by atoms with van der Waals surface area (Å²) in [7, 11) is 1.15. The van der Waals surface area contributed by atoms with Crippen LogP contribution < -0.4 is 10.2 Å². The van der Waals surface area contributed by atoms with Crippen LogP contribution in [0.3, 0.4) is 0 Å². The number of ether oxygens (including phenoxy) is 1. The molecule has 9 nitrogen and oxygen atoms in total. The van der Waals surface area contributed by atoms with Crippen molar-refractivity contribution in [2.24, 2.45) is 0 Å². The minimum Gasteiger partial charge on any atom is -0.756 e. The van der Waals surface area contributed by atoms with E-state index in [-0.39, 0.29) is 31.3 Å². The maximum Gasteiger partial charge on any atom is 0.306 e. The number of likely N-dealkylation sites (N-methyl/N-ethyl adjacent to an activating group) is 1. The number of quaternary nitrogens is 1. The number of carbonyl (C=O) groups excluding carboxylic acids is 2. The van der Waals surface area contributed by atoms with Gasteiger partial charge in [0, 0.05) is 12.8 Å². The molecule has 0 radical (unpaired) electrons. The molecule has 422 valence electrons. The molecule has 0 aliphatic carbocycles. The number of amides is 1. The van der Waals surface area contributed by atoms with E-state index in [0.29, 0.717) is 17.4 Å². The molecule has 0 saturated carbocycles. The lowest BCUT2D eigenvalue weighted by atomic mass is 10.0. The van der Waals surface area contributed by atoms with Gasteiger partial charge >= 0.3 is 5.97 Å². The van der Waals surface area contributed by atoms with E-state index < -0.39 is 26.6 Å². The van der Waals surface area contributed by atoms with Crippen molar-refractivity contribution in [3.05, 3.63) is 85.1 Å². The third-order valence-corrected chi connectivity index (χ3v) is 13.8. The summed E-state index contributed by atoms with van der Waals surface area (Å²) in [6.45, 7) is 6.69. The third-order valence-electron chi connectivity index (χ3n) is 12.8. The maximum atomic E-state index is 13.5. The summed E-state index contributed by atoms with van der Waals surface area (Å²) in [5, 5.41) is 3.00. The summed E-state index contributed by atoms with van der Waals surface area (Å²) < 4.78 is 30.2. The molecule has 1 amide bonds. The molecule has 3 unspecified atom stereocenters. The van der Waals surface area contributed by atoms with E-state index in [1.54, 1.807) is 0 Å². The second-order valence-electron chi connectivity index (χ2n) is 21.1. The average molecular weight is 1040 g/mol. The molecule has 0 aliphatic rings. The summed E-state index contributed by atoms with van der Waals surface area (Å²) in [6.07, 6.45) is 68.3. The molecule has 0 saturated heterocycles. The van der Waals surface area contributed by atoms with Crippen molar-refractivity contribution in [3.63, 3.8) is 0 Å². The van der Waals surface area contributed by atoms with Crippen LogP contribution in [0.5, 0.6) is 0 Å². The minimum absolute atomic E-state index is 0.0333. The number of unbranched alkanes of at least 4 members (excludes halogenated alkanes) is 25. The highest BCUT2D eigenvalue weighted by atomic mass is 31.2. The van der Waals surface area contributed by atoms with Gasteiger partial charge in [-0.2, -0.15) is 0 Å². The van der Waals surface area contributed by atoms with Gasteiger partial charge in [0.2, 0.25) is 5.91 Å². The van der Waals surface area contributed by atoms with Crippen molar-refractivity contribution >= 4 is 19.7 Å². The van der Waals surface area contributed by atoms with E-state index in [9.17, 15) is 19.0 Å². The molecule has 0 heterocycles. The monoisotopic (exact) mass is 1040 g/mol. The third kappa shape index (κ3) is 53.8. The van der Waals surface area contributed by atoms with E-state index in [2.05, 4.69) is 99.0 Å². The van der Waals surface area contributed by atoms with Gasteiger partial charge in [-0.25, -0.2) is 0 Å². The normalized spacial score (nSPS) is 14.3. The van der Waals surface area contributed by atoms with Gasteiger partial charge in [0.1, 0.15) is 19.3 Å². The summed E-state index contributed by atoms with van der Waals surface area (Å²) in [5.41, 5.74) is 0. The Morgan fingerprint density at radius 2 is 0.877 bits per heavy atom. The van der Waals surface area contributed by atoms with Crippen LogP contribution in [-0.4, -0.2) is 69.4 Å². The smallest absolute Gasteiger partial charge is 0.306 e. The summed E-state index contributed by atoms with van der Waals surface area (Å²) in [6, 6.07) is -0.913. The number of phosphoric acid groups is 1. The quantitative estimate of drug-likeness (QED) is 0.0212. The first-order valence-corrected chi connectivity index (χ1v) is 31.4. The summed E-state index contributed by atoms with van der Waals surface area (Å²) >= 11 is 0. The predicted molar refractivity (Wildman–Crippen MR) is 311 cm³/mol. The minimum atomic E-state index is -4.71. The van der Waals surface area contributed by atoms with Crippen LogP contribution >= 0.6 is 7.82 Å². The number of hydrogen-bond acceptors (Lipinski definition) is 7. The van der Waals surface area contributed by atoms with Crippen LogP contribution in [0.2, 0.25) is 0 Å². The number of allylic oxidation sites excluding steroid dienone is 13. The maximum absolute atomic E-state index is 13.5. The molecule has 0 fully saturated rings. The fourth-order valence-corrected chi connectivity index (χ4v) is 8.95. The fourth-order valence-electron chi connectivity index (χ4n) is 8.23. The molecular weight excluding hydrogens is 928 g/mol. The van der Waals surface area contributed by atoms with Gasteiger partial charge in [-0.1, -0.05) is 241 Å². The van der Waals surface area contributed by atoms with Crippen LogP contribution in [0.15, 0.2) is 85.1 Å². The lowest BCUT2D eigenvalue weighted by Gasteiger charge is -2.30. The topological polar surface area (TPSA) is 114 Å². The first-order valence-electron chi connectivity index (χ1n) is 29.9. The van der Waals surface area contributed by atoms with Crippen LogP contribution in [0.25, 0.3) is 0 Å². The molecule has 10 heteroatoms. The van der Waals surface area contributed by atoms with Crippen LogP contribution in [-0.2, 0) is 27.9 Å². The average Bonchev–Trinajstić information content (AvgIpc) is 3.35. The van der Waals surface area contributed by atoms with E-state index in [4.69, 9.17) is 13.8 Å². The van der Waals surface area contributed by atoms with Crippen LogP contribution in [0.1, 0.15) is 252 Å². The zero-order valence-electron chi connectivity index (χ0n) is 48.1. The van der Waals surface area contributed by atoms with Crippen LogP contribution in [0.4, 0.5) is 0 Å². The van der Waals surface area contributed by atoms with Crippen molar-refractivity contribution < 1.29 is 37.3 Å². The molecule has 0 aromatic carbocycles. The molecule has 0 rings (SSSR count). The highest BCUT2D eigenvalue weighted by molar-refractivity contribution is 7.45. The van der Waals surface area contributed by atoms with E-state index >= 15 is 0 Å². The molecule has 0 aromatic heterocycles. The first kappa shape index (κ1) is 70.2. The Bertz CT molecular complexity index is 1530. The number of esters is 1. The second-order valence-corrected chi connectivity index (χ2v) is 22.5. The molecular formula is C63H113N2O7P. The van der Waals surface area contributed by atoms with Crippen LogP contribution in [0, 0.1) is 0 Å². The largest absolute Gasteiger partial charge is 0.756 e. The second kappa shape index (κ2) is 52.6. The summed E-state index contributed by atoms with van der Waals surface area (Å²) in [4.78, 5) is 39.9. The van der Waals surface area contributed by atoms with Gasteiger partial charge in [0.15, 0.2) is 0 Å². The lowest BCUT2D eigenvalue weighted by Crippen LogP contribution is -2.47. The fraction of sp³-hybridized carbons (Fsp3) is 0.746. The van der Waals surface area contributed by atoms with Gasteiger partial charge in [0.05, 0.1) is 33.8 Å². The first-order chi connectivity index (χ1) is 35.4. The molecule has 0 aliphatic heterocycles. The Kier molecular flexibility index (Phi) is 50.6. The molecule has 0 spiro atoms. The molecule has 1 N–H and O–H groups in total. The standard InChI is InChI=1S/C63H113N2O7P/c1-7-10-13-16-19-22-25-28-30-31-32-33-34-35-36-37-40-43-46-49-52-55-62(66)64-60(59-71-73(68,69)70-58-57-65(4,5)6)61(54-51-48-45-42-39-27-24-21-18-15-12-9-3)72-63(67)56-53-50-47-44-41-38-29-26-23-20-17-14-11-8-2/h10,13,19,22,28,30,32-33,35-36,40,43,51,54,60-61H,7-9,11-12,14-18,20-21,23-27,29,31,34,37-39,41-42,44-50,52-53,55-59H2,1-6H3,(H-,64,66,68,69)/b13-10-,22-19-,30-28-,33-32-,36-35-,43-40-,54-51-. The van der Waals surface area contributed by atoms with Crippen molar-refractivity contribution in [1.82, 2.24) is 5.32 Å². The SMILES string of the molecule is CC/C=C\C/C=C\C/C=C\C/C=C\C/C=C\C/C=C\CCCCC(=O)NC(COP(=O)([O-])OCC[N+](C)(C)C)C(/C=C\CCCCCCCCCCCC)OC(=O)CCCCCCCCCCCCCCCC. The van der Waals surface area contributed by atoms with E-state index in [0.717, 1.165) is 89.9 Å². The number of phosphoric ester groups is 1. The molecule has 0 aromatic rings. The molecule has 3 atom stereocenters. The number of nitrogens with one attached hydrogen (secondary N) is 1. The Morgan fingerprint density at radius 1 is 0.493 bits per heavy atom. The van der Waals surface area contributed by atoms with Gasteiger partial charge in [-0.3, -0.25) is 14.2 Å². The van der Waals surface area contributed by atoms with E-state index in [1.807, 2.05) is 33.3 Å². The highest BCUT2D eigenvalue weighted by Crippen LogP contribution is 2.38.